The van der Waals surface area contributed by atoms with Gasteiger partial charge in [0.15, 0.2) is 0 Å². The van der Waals surface area contributed by atoms with Crippen molar-refractivity contribution in [2.75, 3.05) is 20.3 Å². The smallest absolute Gasteiger partial charge is 0.255 e. The van der Waals surface area contributed by atoms with Gasteiger partial charge < -0.3 is 19.9 Å². The standard InChI is InChI=1S/C12H15NO4/c1-16-9-2-3-11(14)10(6-9)12(15)13-8-4-5-17-7-8/h2-3,6,8,14H,4-5,7H2,1H3,(H,13,15). The van der Waals surface area contributed by atoms with Gasteiger partial charge in [-0.05, 0) is 24.6 Å². The SMILES string of the molecule is COc1ccc(O)c(C(=O)NC2CCOC2)c1. The van der Waals surface area contributed by atoms with Crippen molar-refractivity contribution in [2.24, 2.45) is 0 Å². The van der Waals surface area contributed by atoms with Gasteiger partial charge in [0.2, 0.25) is 0 Å². The highest BCUT2D eigenvalue weighted by Crippen LogP contribution is 2.23. The number of phenols is 1. The highest BCUT2D eigenvalue weighted by Gasteiger charge is 2.20. The summed E-state index contributed by atoms with van der Waals surface area (Å²) in [4.78, 5) is 11.9. The number of benzene rings is 1. The fourth-order valence-corrected chi connectivity index (χ4v) is 1.74. The molecule has 1 saturated heterocycles. The molecule has 1 amide bonds. The maximum Gasteiger partial charge on any atom is 0.255 e. The molecule has 2 N–H and O–H groups in total. The van der Waals surface area contributed by atoms with Gasteiger partial charge in [-0.3, -0.25) is 4.79 Å². The predicted octanol–water partition coefficient (Wildman–Crippen LogP) is 0.919. The maximum absolute atomic E-state index is 11.9. The van der Waals surface area contributed by atoms with Crippen LogP contribution in [-0.2, 0) is 4.74 Å². The third-order valence-electron chi connectivity index (χ3n) is 2.71. The van der Waals surface area contributed by atoms with Crippen molar-refractivity contribution in [1.29, 1.82) is 0 Å². The van der Waals surface area contributed by atoms with E-state index in [4.69, 9.17) is 9.47 Å². The zero-order valence-corrected chi connectivity index (χ0v) is 9.60. The highest BCUT2D eigenvalue weighted by molar-refractivity contribution is 5.97. The summed E-state index contributed by atoms with van der Waals surface area (Å²) in [6, 6.07) is 4.58. The van der Waals surface area contributed by atoms with Gasteiger partial charge in [0.25, 0.3) is 5.91 Å². The van der Waals surface area contributed by atoms with Crippen LogP contribution in [0.5, 0.6) is 11.5 Å². The fourth-order valence-electron chi connectivity index (χ4n) is 1.74. The molecule has 1 atom stereocenters. The van der Waals surface area contributed by atoms with Crippen molar-refractivity contribution in [3.8, 4) is 11.5 Å². The molecule has 92 valence electrons. The van der Waals surface area contributed by atoms with Crippen LogP contribution in [0.2, 0.25) is 0 Å². The topological polar surface area (TPSA) is 67.8 Å². The van der Waals surface area contributed by atoms with Gasteiger partial charge in [-0.15, -0.1) is 0 Å². The number of carbonyl (C=O) groups excluding carboxylic acids is 1. The Labute approximate surface area is 99.3 Å². The second-order valence-corrected chi connectivity index (χ2v) is 3.92. The van der Waals surface area contributed by atoms with Crippen LogP contribution in [0.4, 0.5) is 0 Å². The summed E-state index contributed by atoms with van der Waals surface area (Å²) in [5.74, 6) is 0.176. The Morgan fingerprint density at radius 3 is 3.06 bits per heavy atom. The summed E-state index contributed by atoms with van der Waals surface area (Å²) in [6.07, 6.45) is 0.802. The van der Waals surface area contributed by atoms with Gasteiger partial charge in [0.1, 0.15) is 11.5 Å². The minimum atomic E-state index is -0.308. The number of phenolic OH excluding ortho intramolecular Hbond substituents is 1. The monoisotopic (exact) mass is 237 g/mol. The zero-order chi connectivity index (χ0) is 12.3. The number of hydrogen-bond acceptors (Lipinski definition) is 4. The Kier molecular flexibility index (Phi) is 3.49. The van der Waals surface area contributed by atoms with Crippen LogP contribution in [0, 0.1) is 0 Å². The lowest BCUT2D eigenvalue weighted by molar-refractivity contribution is 0.0927. The Balaban J connectivity index is 2.11. The van der Waals surface area contributed by atoms with E-state index in [1.54, 1.807) is 6.07 Å². The normalized spacial score (nSPS) is 19.0. The first-order valence-corrected chi connectivity index (χ1v) is 5.46. The van der Waals surface area contributed by atoms with Crippen LogP contribution in [0.3, 0.4) is 0 Å². The van der Waals surface area contributed by atoms with Crippen LogP contribution in [0.25, 0.3) is 0 Å². The molecule has 0 aliphatic carbocycles. The zero-order valence-electron chi connectivity index (χ0n) is 9.60. The third-order valence-corrected chi connectivity index (χ3v) is 2.71. The summed E-state index contributed by atoms with van der Waals surface area (Å²) >= 11 is 0. The lowest BCUT2D eigenvalue weighted by atomic mass is 10.1. The van der Waals surface area contributed by atoms with Crippen LogP contribution >= 0.6 is 0 Å². The number of aromatic hydroxyl groups is 1. The molecule has 0 spiro atoms. The molecule has 1 aromatic carbocycles. The summed E-state index contributed by atoms with van der Waals surface area (Å²) < 4.78 is 10.2. The predicted molar refractivity (Wildman–Crippen MR) is 61.3 cm³/mol. The molecule has 0 radical (unpaired) electrons. The molecule has 5 nitrogen and oxygen atoms in total. The van der Waals surface area contributed by atoms with E-state index in [0.717, 1.165) is 6.42 Å². The molecule has 1 heterocycles. The molecule has 2 rings (SSSR count). The Bertz CT molecular complexity index is 413. The second kappa shape index (κ2) is 5.05. The average Bonchev–Trinajstić information content (AvgIpc) is 2.82. The quantitative estimate of drug-likeness (QED) is 0.820. The van der Waals surface area contributed by atoms with Crippen LogP contribution in [-0.4, -0.2) is 37.4 Å². The number of methoxy groups -OCH3 is 1. The van der Waals surface area contributed by atoms with E-state index in [1.807, 2.05) is 0 Å². The number of rotatable bonds is 3. The molecular formula is C12H15NO4. The maximum atomic E-state index is 11.9. The Hall–Kier alpha value is -1.75. The van der Waals surface area contributed by atoms with Gasteiger partial charge in [0, 0.05) is 6.61 Å². The first kappa shape index (κ1) is 11.7. The van der Waals surface area contributed by atoms with Crippen LogP contribution in [0.1, 0.15) is 16.8 Å². The minimum Gasteiger partial charge on any atom is -0.507 e. The van der Waals surface area contributed by atoms with Crippen molar-refractivity contribution in [3.05, 3.63) is 23.8 Å². The van der Waals surface area contributed by atoms with E-state index in [1.165, 1.54) is 19.2 Å². The summed E-state index contributed by atoms with van der Waals surface area (Å²) in [5, 5.41) is 12.4. The molecule has 1 unspecified atom stereocenters. The van der Waals surface area contributed by atoms with Crippen molar-refractivity contribution >= 4 is 5.91 Å². The molecule has 1 aromatic rings. The molecule has 0 aromatic heterocycles. The summed E-state index contributed by atoms with van der Waals surface area (Å²) in [6.45, 7) is 1.19. The molecule has 1 fully saturated rings. The number of hydrogen-bond donors (Lipinski definition) is 2. The summed E-state index contributed by atoms with van der Waals surface area (Å²) in [7, 11) is 1.51. The van der Waals surface area contributed by atoms with Gasteiger partial charge in [0.05, 0.1) is 25.3 Å². The van der Waals surface area contributed by atoms with Crippen LogP contribution < -0.4 is 10.1 Å². The van der Waals surface area contributed by atoms with E-state index in [9.17, 15) is 9.90 Å². The minimum absolute atomic E-state index is 0.0214. The fraction of sp³-hybridized carbons (Fsp3) is 0.417. The largest absolute Gasteiger partial charge is 0.507 e. The molecule has 1 aliphatic heterocycles. The Morgan fingerprint density at radius 2 is 2.41 bits per heavy atom. The van der Waals surface area contributed by atoms with Gasteiger partial charge in [-0.1, -0.05) is 0 Å². The van der Waals surface area contributed by atoms with Crippen LogP contribution in [0.15, 0.2) is 18.2 Å². The molecular weight excluding hydrogens is 222 g/mol. The third kappa shape index (κ3) is 2.68. The second-order valence-electron chi connectivity index (χ2n) is 3.92. The van der Waals surface area contributed by atoms with E-state index in [2.05, 4.69) is 5.32 Å². The Morgan fingerprint density at radius 1 is 1.59 bits per heavy atom. The average molecular weight is 237 g/mol. The van der Waals surface area contributed by atoms with E-state index < -0.39 is 0 Å². The van der Waals surface area contributed by atoms with Gasteiger partial charge >= 0.3 is 0 Å². The van der Waals surface area contributed by atoms with Crippen molar-refractivity contribution in [3.63, 3.8) is 0 Å². The van der Waals surface area contributed by atoms with Crippen molar-refractivity contribution in [2.45, 2.75) is 12.5 Å². The molecule has 1 aliphatic rings. The first-order chi connectivity index (χ1) is 8.20. The molecule has 17 heavy (non-hydrogen) atoms. The summed E-state index contributed by atoms with van der Waals surface area (Å²) in [5.41, 5.74) is 0.219. The molecule has 5 heteroatoms. The van der Waals surface area contributed by atoms with Crippen molar-refractivity contribution in [1.82, 2.24) is 5.32 Å². The van der Waals surface area contributed by atoms with Gasteiger partial charge in [-0.25, -0.2) is 0 Å². The first-order valence-electron chi connectivity index (χ1n) is 5.46. The van der Waals surface area contributed by atoms with E-state index >= 15 is 0 Å². The molecule has 0 saturated carbocycles. The van der Waals surface area contributed by atoms with Gasteiger partial charge in [-0.2, -0.15) is 0 Å². The number of amides is 1. The number of nitrogens with one attached hydrogen (secondary N) is 1. The molecule has 0 bridgehead atoms. The van der Waals surface area contributed by atoms with E-state index in [-0.39, 0.29) is 23.3 Å². The highest BCUT2D eigenvalue weighted by atomic mass is 16.5. The number of ether oxygens (including phenoxy) is 2. The lowest BCUT2D eigenvalue weighted by Gasteiger charge is -2.12. The lowest BCUT2D eigenvalue weighted by Crippen LogP contribution is -2.35. The number of carbonyl (C=O) groups is 1. The van der Waals surface area contributed by atoms with E-state index in [0.29, 0.717) is 19.0 Å². The van der Waals surface area contributed by atoms with Crippen molar-refractivity contribution < 1.29 is 19.4 Å².